The fourth-order valence-corrected chi connectivity index (χ4v) is 4.53. The van der Waals surface area contributed by atoms with Gasteiger partial charge in [0.15, 0.2) is 0 Å². The summed E-state index contributed by atoms with van der Waals surface area (Å²) in [4.78, 5) is 0. The fraction of sp³-hybridized carbons (Fsp3) is 0.250. The van der Waals surface area contributed by atoms with E-state index >= 15 is 0 Å². The van der Waals surface area contributed by atoms with Crippen LogP contribution in [0.15, 0.2) is 43.7 Å². The van der Waals surface area contributed by atoms with E-state index in [0.29, 0.717) is 0 Å². The maximum Gasteiger partial charge on any atom is 0.127 e. The average molecular weight is 476 g/mol. The SMILES string of the molecule is CNC(c1ccc(Br)cc1Br)c1cc(Br)cc2c1OCC2. The maximum absolute atomic E-state index is 5.87. The Morgan fingerprint density at radius 3 is 2.57 bits per heavy atom. The van der Waals surface area contributed by atoms with Gasteiger partial charge in [-0.1, -0.05) is 53.9 Å². The van der Waals surface area contributed by atoms with Gasteiger partial charge in [0, 0.05) is 25.4 Å². The molecule has 2 aromatic rings. The zero-order chi connectivity index (χ0) is 15.0. The third-order valence-corrected chi connectivity index (χ3v) is 5.29. The molecule has 1 aliphatic rings. The number of hydrogen-bond donors (Lipinski definition) is 1. The summed E-state index contributed by atoms with van der Waals surface area (Å²) < 4.78 is 9.09. The van der Waals surface area contributed by atoms with Crippen LogP contribution in [0.3, 0.4) is 0 Å². The van der Waals surface area contributed by atoms with Crippen LogP contribution in [-0.2, 0) is 6.42 Å². The molecule has 0 saturated heterocycles. The summed E-state index contributed by atoms with van der Waals surface area (Å²) >= 11 is 10.8. The Bertz CT molecular complexity index is 687. The molecule has 0 radical (unpaired) electrons. The predicted octanol–water partition coefficient (Wildman–Crippen LogP) is 5.22. The van der Waals surface area contributed by atoms with Crippen LogP contribution in [0.25, 0.3) is 0 Å². The summed E-state index contributed by atoms with van der Waals surface area (Å²) in [6.45, 7) is 0.761. The molecular weight excluding hydrogens is 462 g/mol. The van der Waals surface area contributed by atoms with Crippen LogP contribution in [0.4, 0.5) is 0 Å². The summed E-state index contributed by atoms with van der Waals surface area (Å²) in [5.41, 5.74) is 3.63. The monoisotopic (exact) mass is 473 g/mol. The number of benzene rings is 2. The first-order valence-electron chi connectivity index (χ1n) is 6.67. The molecule has 2 aromatic carbocycles. The Morgan fingerprint density at radius 2 is 1.86 bits per heavy atom. The van der Waals surface area contributed by atoms with Crippen molar-refractivity contribution in [3.8, 4) is 5.75 Å². The van der Waals surface area contributed by atoms with E-state index < -0.39 is 0 Å². The Hall–Kier alpha value is -0.360. The lowest BCUT2D eigenvalue weighted by molar-refractivity contribution is 0.351. The minimum Gasteiger partial charge on any atom is -0.493 e. The zero-order valence-corrected chi connectivity index (χ0v) is 16.2. The van der Waals surface area contributed by atoms with E-state index in [1.165, 1.54) is 16.7 Å². The number of ether oxygens (including phenoxy) is 1. The maximum atomic E-state index is 5.87. The van der Waals surface area contributed by atoms with Gasteiger partial charge in [0.1, 0.15) is 5.75 Å². The van der Waals surface area contributed by atoms with Crippen LogP contribution in [0.5, 0.6) is 5.75 Å². The van der Waals surface area contributed by atoms with Crippen LogP contribution in [0, 0.1) is 0 Å². The first-order chi connectivity index (χ1) is 10.1. The largest absolute Gasteiger partial charge is 0.493 e. The topological polar surface area (TPSA) is 21.3 Å². The van der Waals surface area contributed by atoms with Crippen molar-refractivity contribution in [2.45, 2.75) is 12.5 Å². The van der Waals surface area contributed by atoms with E-state index in [1.54, 1.807) is 0 Å². The summed E-state index contributed by atoms with van der Waals surface area (Å²) in [5.74, 6) is 1.02. The molecule has 0 fully saturated rings. The first-order valence-corrected chi connectivity index (χ1v) is 9.05. The highest BCUT2D eigenvalue weighted by atomic mass is 79.9. The number of fused-ring (bicyclic) bond motifs is 1. The molecule has 110 valence electrons. The highest BCUT2D eigenvalue weighted by Gasteiger charge is 2.24. The zero-order valence-electron chi connectivity index (χ0n) is 11.4. The van der Waals surface area contributed by atoms with E-state index in [4.69, 9.17) is 4.74 Å². The van der Waals surface area contributed by atoms with Crippen molar-refractivity contribution in [1.82, 2.24) is 5.32 Å². The molecular formula is C16H14Br3NO. The van der Waals surface area contributed by atoms with Gasteiger partial charge in [0.25, 0.3) is 0 Å². The summed E-state index contributed by atoms with van der Waals surface area (Å²) in [7, 11) is 1.97. The first kappa shape index (κ1) is 15.5. The highest BCUT2D eigenvalue weighted by Crippen LogP contribution is 2.40. The number of halogens is 3. The molecule has 2 nitrogen and oxygen atoms in total. The van der Waals surface area contributed by atoms with Crippen molar-refractivity contribution in [2.24, 2.45) is 0 Å². The minimum absolute atomic E-state index is 0.0804. The summed E-state index contributed by atoms with van der Waals surface area (Å²) in [6, 6.07) is 10.6. The third kappa shape index (κ3) is 3.07. The molecule has 0 aromatic heterocycles. The van der Waals surface area contributed by atoms with Crippen molar-refractivity contribution >= 4 is 47.8 Å². The van der Waals surface area contributed by atoms with Crippen LogP contribution in [0.1, 0.15) is 22.7 Å². The van der Waals surface area contributed by atoms with Crippen molar-refractivity contribution in [1.29, 1.82) is 0 Å². The van der Waals surface area contributed by atoms with Crippen LogP contribution in [0.2, 0.25) is 0 Å². The van der Waals surface area contributed by atoms with Crippen LogP contribution in [-0.4, -0.2) is 13.7 Å². The Balaban J connectivity index is 2.13. The van der Waals surface area contributed by atoms with Gasteiger partial charge in [-0.25, -0.2) is 0 Å². The van der Waals surface area contributed by atoms with Crippen molar-refractivity contribution in [2.75, 3.05) is 13.7 Å². The molecule has 1 aliphatic heterocycles. The standard InChI is InChI=1S/C16H14Br3NO/c1-20-15(12-3-2-10(17)8-14(12)19)13-7-11(18)6-9-4-5-21-16(9)13/h2-3,6-8,15,20H,4-5H2,1H3. The number of nitrogens with one attached hydrogen (secondary N) is 1. The molecule has 0 saturated carbocycles. The van der Waals surface area contributed by atoms with Gasteiger partial charge in [-0.05, 0) is 42.4 Å². The summed E-state index contributed by atoms with van der Waals surface area (Å²) in [6.07, 6.45) is 0.972. The van der Waals surface area contributed by atoms with Crippen LogP contribution >= 0.6 is 47.8 Å². The smallest absolute Gasteiger partial charge is 0.127 e. The molecule has 1 heterocycles. The molecule has 1 unspecified atom stereocenters. The lowest BCUT2D eigenvalue weighted by Gasteiger charge is -2.21. The molecule has 21 heavy (non-hydrogen) atoms. The van der Waals surface area contributed by atoms with E-state index in [0.717, 1.165) is 32.2 Å². The molecule has 3 rings (SSSR count). The van der Waals surface area contributed by atoms with Gasteiger partial charge >= 0.3 is 0 Å². The van der Waals surface area contributed by atoms with Gasteiger partial charge in [-0.3, -0.25) is 0 Å². The van der Waals surface area contributed by atoms with E-state index in [1.807, 2.05) is 7.05 Å². The van der Waals surface area contributed by atoms with E-state index in [9.17, 15) is 0 Å². The van der Waals surface area contributed by atoms with Crippen molar-refractivity contribution < 1.29 is 4.74 Å². The summed E-state index contributed by atoms with van der Waals surface area (Å²) in [5, 5.41) is 3.41. The molecule has 0 bridgehead atoms. The second-order valence-corrected chi connectivity index (χ2v) is 7.65. The van der Waals surface area contributed by atoms with Crippen molar-refractivity contribution in [3.63, 3.8) is 0 Å². The Kier molecular flexibility index (Phi) is 4.74. The normalized spacial score (nSPS) is 14.7. The van der Waals surface area contributed by atoms with Crippen molar-refractivity contribution in [3.05, 3.63) is 60.4 Å². The second kappa shape index (κ2) is 6.41. The second-order valence-electron chi connectivity index (χ2n) is 4.97. The highest BCUT2D eigenvalue weighted by molar-refractivity contribution is 9.11. The van der Waals surface area contributed by atoms with E-state index in [2.05, 4.69) is 83.4 Å². The quantitative estimate of drug-likeness (QED) is 0.657. The molecule has 5 heteroatoms. The van der Waals surface area contributed by atoms with Gasteiger partial charge in [-0.2, -0.15) is 0 Å². The number of hydrogen-bond acceptors (Lipinski definition) is 2. The minimum atomic E-state index is 0.0804. The number of rotatable bonds is 3. The van der Waals surface area contributed by atoms with Gasteiger partial charge in [0.05, 0.1) is 12.6 Å². The van der Waals surface area contributed by atoms with Gasteiger partial charge in [0.2, 0.25) is 0 Å². The van der Waals surface area contributed by atoms with E-state index in [-0.39, 0.29) is 6.04 Å². The Morgan fingerprint density at radius 1 is 1.05 bits per heavy atom. The lowest BCUT2D eigenvalue weighted by Crippen LogP contribution is -2.19. The molecule has 0 aliphatic carbocycles. The average Bonchev–Trinajstić information content (AvgIpc) is 2.89. The predicted molar refractivity (Wildman–Crippen MR) is 96.1 cm³/mol. The fourth-order valence-electron chi connectivity index (χ4n) is 2.73. The molecule has 1 N–H and O–H groups in total. The van der Waals surface area contributed by atoms with Gasteiger partial charge in [-0.15, -0.1) is 0 Å². The van der Waals surface area contributed by atoms with Gasteiger partial charge < -0.3 is 10.1 Å². The Labute approximate surface area is 149 Å². The third-order valence-electron chi connectivity index (χ3n) is 3.65. The lowest BCUT2D eigenvalue weighted by atomic mass is 9.96. The molecule has 1 atom stereocenters. The molecule has 0 amide bonds. The van der Waals surface area contributed by atoms with Crippen LogP contribution < -0.4 is 10.1 Å². The molecule has 0 spiro atoms.